The Hall–Kier alpha value is -2.16. The molecular formula is C16H23N3O5. The van der Waals surface area contributed by atoms with Crippen molar-refractivity contribution in [3.05, 3.63) is 24.3 Å². The summed E-state index contributed by atoms with van der Waals surface area (Å²) in [5.74, 6) is -1.57. The Morgan fingerprint density at radius 2 is 1.71 bits per heavy atom. The summed E-state index contributed by atoms with van der Waals surface area (Å²) in [5.41, 5.74) is 1.49. The van der Waals surface area contributed by atoms with Gasteiger partial charge in [0.15, 0.2) is 12.2 Å². The zero-order valence-electron chi connectivity index (χ0n) is 13.8. The molecular weight excluding hydrogens is 314 g/mol. The molecule has 8 heteroatoms. The lowest BCUT2D eigenvalue weighted by atomic mass is 10.1. The Kier molecular flexibility index (Phi) is 6.13. The van der Waals surface area contributed by atoms with Crippen LogP contribution in [0.25, 0.3) is 0 Å². The lowest BCUT2D eigenvalue weighted by Gasteiger charge is -2.29. The molecule has 0 aliphatic carbocycles. The summed E-state index contributed by atoms with van der Waals surface area (Å²) in [6.45, 7) is 2.98. The van der Waals surface area contributed by atoms with E-state index in [1.165, 1.54) is 14.1 Å². The van der Waals surface area contributed by atoms with E-state index in [2.05, 4.69) is 10.2 Å². The smallest absolute Gasteiger partial charge is 0.256 e. The SMILES string of the molecule is CN(C)C(=O)[C@H](O)[C@@H](O)C(=O)Nc1ccc(N2CCOCC2)cc1. The van der Waals surface area contributed by atoms with Gasteiger partial charge in [0.25, 0.3) is 11.8 Å². The van der Waals surface area contributed by atoms with Crippen molar-refractivity contribution in [1.82, 2.24) is 4.90 Å². The zero-order chi connectivity index (χ0) is 17.7. The molecule has 1 aromatic carbocycles. The fraction of sp³-hybridized carbons (Fsp3) is 0.500. The van der Waals surface area contributed by atoms with Gasteiger partial charge in [0.1, 0.15) is 0 Å². The molecule has 1 fully saturated rings. The summed E-state index contributed by atoms with van der Waals surface area (Å²) in [5, 5.41) is 22.0. The molecule has 1 saturated heterocycles. The van der Waals surface area contributed by atoms with Crippen LogP contribution in [0.15, 0.2) is 24.3 Å². The molecule has 3 N–H and O–H groups in total. The maximum absolute atomic E-state index is 11.9. The number of amides is 2. The molecule has 8 nitrogen and oxygen atoms in total. The molecule has 0 aromatic heterocycles. The molecule has 1 aliphatic heterocycles. The number of nitrogens with one attached hydrogen (secondary N) is 1. The summed E-state index contributed by atoms with van der Waals surface area (Å²) in [7, 11) is 2.86. The number of carbonyl (C=O) groups excluding carboxylic acids is 2. The second-order valence-corrected chi connectivity index (χ2v) is 5.76. The normalized spacial score (nSPS) is 17.1. The van der Waals surface area contributed by atoms with Gasteiger partial charge in [-0.15, -0.1) is 0 Å². The lowest BCUT2D eigenvalue weighted by molar-refractivity contribution is -0.149. The van der Waals surface area contributed by atoms with Gasteiger partial charge in [0.2, 0.25) is 0 Å². The molecule has 1 heterocycles. The van der Waals surface area contributed by atoms with Gasteiger partial charge < -0.3 is 30.1 Å². The molecule has 0 saturated carbocycles. The number of hydrogen-bond donors (Lipinski definition) is 3. The van der Waals surface area contributed by atoms with Gasteiger partial charge in [0, 0.05) is 38.6 Å². The van der Waals surface area contributed by atoms with Crippen molar-refractivity contribution in [3.8, 4) is 0 Å². The maximum atomic E-state index is 11.9. The topological polar surface area (TPSA) is 102 Å². The van der Waals surface area contributed by atoms with Crippen molar-refractivity contribution >= 4 is 23.2 Å². The molecule has 0 spiro atoms. The van der Waals surface area contributed by atoms with Gasteiger partial charge in [-0.05, 0) is 24.3 Å². The van der Waals surface area contributed by atoms with E-state index < -0.39 is 24.0 Å². The van der Waals surface area contributed by atoms with Crippen LogP contribution in [0.5, 0.6) is 0 Å². The number of carbonyl (C=O) groups is 2. The number of anilines is 2. The molecule has 0 unspecified atom stereocenters. The highest BCUT2D eigenvalue weighted by Gasteiger charge is 2.31. The Morgan fingerprint density at radius 1 is 1.12 bits per heavy atom. The van der Waals surface area contributed by atoms with E-state index in [-0.39, 0.29) is 0 Å². The van der Waals surface area contributed by atoms with Crippen molar-refractivity contribution < 1.29 is 24.5 Å². The summed E-state index contributed by atoms with van der Waals surface area (Å²) < 4.78 is 5.30. The Labute approximate surface area is 140 Å². The van der Waals surface area contributed by atoms with Crippen LogP contribution in [0.2, 0.25) is 0 Å². The predicted octanol–water partition coefficient (Wildman–Crippen LogP) is -0.728. The molecule has 2 rings (SSSR count). The van der Waals surface area contributed by atoms with Gasteiger partial charge in [0.05, 0.1) is 13.2 Å². The highest BCUT2D eigenvalue weighted by molar-refractivity contribution is 5.98. The minimum atomic E-state index is -1.83. The molecule has 1 aliphatic rings. The van der Waals surface area contributed by atoms with E-state index in [1.54, 1.807) is 12.1 Å². The summed E-state index contributed by atoms with van der Waals surface area (Å²) >= 11 is 0. The quantitative estimate of drug-likeness (QED) is 0.655. The first kappa shape index (κ1) is 18.2. The van der Waals surface area contributed by atoms with Crippen LogP contribution >= 0.6 is 0 Å². The van der Waals surface area contributed by atoms with Gasteiger partial charge in [-0.2, -0.15) is 0 Å². The fourth-order valence-corrected chi connectivity index (χ4v) is 2.34. The Bertz CT molecular complexity index is 570. The van der Waals surface area contributed by atoms with Crippen LogP contribution in [0, 0.1) is 0 Å². The average molecular weight is 337 g/mol. The van der Waals surface area contributed by atoms with Crippen molar-refractivity contribution in [1.29, 1.82) is 0 Å². The van der Waals surface area contributed by atoms with E-state index in [4.69, 9.17) is 4.74 Å². The molecule has 2 amide bonds. The minimum Gasteiger partial charge on any atom is -0.380 e. The number of rotatable bonds is 5. The van der Waals surface area contributed by atoms with Crippen LogP contribution in [0.3, 0.4) is 0 Å². The number of hydrogen-bond acceptors (Lipinski definition) is 6. The van der Waals surface area contributed by atoms with Gasteiger partial charge >= 0.3 is 0 Å². The molecule has 2 atom stereocenters. The van der Waals surface area contributed by atoms with Gasteiger partial charge in [-0.3, -0.25) is 9.59 Å². The summed E-state index contributed by atoms with van der Waals surface area (Å²) in [6.07, 6.45) is -3.63. The number of morpholine rings is 1. The first-order valence-electron chi connectivity index (χ1n) is 7.71. The van der Waals surface area contributed by atoms with E-state index in [0.717, 1.165) is 23.7 Å². The first-order chi connectivity index (χ1) is 11.4. The molecule has 132 valence electrons. The second kappa shape index (κ2) is 8.09. The standard InChI is InChI=1S/C16H23N3O5/c1-18(2)16(23)14(21)13(20)15(22)17-11-3-5-12(6-4-11)19-7-9-24-10-8-19/h3-6,13-14,20-21H,7-10H2,1-2H3,(H,17,22)/t13-,14-/m1/s1. The van der Waals surface area contributed by atoms with Crippen molar-refractivity contribution in [2.45, 2.75) is 12.2 Å². The first-order valence-corrected chi connectivity index (χ1v) is 7.71. The fourth-order valence-electron chi connectivity index (χ4n) is 2.34. The molecule has 1 aromatic rings. The number of nitrogens with zero attached hydrogens (tertiary/aromatic N) is 2. The van der Waals surface area contributed by atoms with E-state index in [1.807, 2.05) is 12.1 Å². The minimum absolute atomic E-state index is 0.473. The number of likely N-dealkylation sites (N-methyl/N-ethyl adjacent to an activating group) is 1. The van der Waals surface area contributed by atoms with Gasteiger partial charge in [-0.25, -0.2) is 0 Å². The monoisotopic (exact) mass is 337 g/mol. The molecule has 0 radical (unpaired) electrons. The number of benzene rings is 1. The summed E-state index contributed by atoms with van der Waals surface area (Å²) in [6, 6.07) is 7.12. The van der Waals surface area contributed by atoms with Crippen molar-refractivity contribution in [2.75, 3.05) is 50.6 Å². The van der Waals surface area contributed by atoms with E-state index >= 15 is 0 Å². The van der Waals surface area contributed by atoms with E-state index in [9.17, 15) is 19.8 Å². The van der Waals surface area contributed by atoms with Crippen LogP contribution < -0.4 is 10.2 Å². The Balaban J connectivity index is 1.95. The van der Waals surface area contributed by atoms with Crippen LogP contribution in [0.1, 0.15) is 0 Å². The maximum Gasteiger partial charge on any atom is 0.256 e. The van der Waals surface area contributed by atoms with Crippen molar-refractivity contribution in [3.63, 3.8) is 0 Å². The third kappa shape index (κ3) is 4.44. The van der Waals surface area contributed by atoms with Crippen LogP contribution in [-0.2, 0) is 14.3 Å². The van der Waals surface area contributed by atoms with Crippen LogP contribution in [0.4, 0.5) is 11.4 Å². The van der Waals surface area contributed by atoms with Crippen LogP contribution in [-0.4, -0.2) is 79.5 Å². The average Bonchev–Trinajstić information content (AvgIpc) is 2.61. The third-order valence-electron chi connectivity index (χ3n) is 3.77. The highest BCUT2D eigenvalue weighted by Crippen LogP contribution is 2.19. The van der Waals surface area contributed by atoms with E-state index in [0.29, 0.717) is 18.9 Å². The lowest BCUT2D eigenvalue weighted by Crippen LogP contribution is -2.47. The molecule has 24 heavy (non-hydrogen) atoms. The highest BCUT2D eigenvalue weighted by atomic mass is 16.5. The number of aliphatic hydroxyl groups excluding tert-OH is 2. The largest absolute Gasteiger partial charge is 0.380 e. The predicted molar refractivity (Wildman–Crippen MR) is 88.8 cm³/mol. The second-order valence-electron chi connectivity index (χ2n) is 5.76. The third-order valence-corrected chi connectivity index (χ3v) is 3.77. The zero-order valence-corrected chi connectivity index (χ0v) is 13.8. The van der Waals surface area contributed by atoms with Crippen molar-refractivity contribution in [2.24, 2.45) is 0 Å². The van der Waals surface area contributed by atoms with Gasteiger partial charge in [-0.1, -0.05) is 0 Å². The summed E-state index contributed by atoms with van der Waals surface area (Å²) in [4.78, 5) is 26.8. The Morgan fingerprint density at radius 3 is 2.25 bits per heavy atom. The molecule has 0 bridgehead atoms. The number of ether oxygens (including phenoxy) is 1. The number of aliphatic hydroxyl groups is 2.